The predicted octanol–water partition coefficient (Wildman–Crippen LogP) is 2.39. The number of aromatic amines is 1. The molecule has 1 aliphatic rings. The number of aryl methyl sites for hydroxylation is 1. The number of amides is 2. The third kappa shape index (κ3) is 3.48. The Morgan fingerprint density at radius 1 is 1.07 bits per heavy atom. The van der Waals surface area contributed by atoms with Crippen molar-refractivity contribution in [3.8, 4) is 11.5 Å². The molecule has 0 spiro atoms. The van der Waals surface area contributed by atoms with Gasteiger partial charge in [0.2, 0.25) is 5.91 Å². The van der Waals surface area contributed by atoms with Crippen molar-refractivity contribution < 1.29 is 23.5 Å². The number of nitrogens with one attached hydrogen (secondary N) is 3. The van der Waals surface area contributed by atoms with Crippen LogP contribution in [0.1, 0.15) is 21.6 Å². The Balaban J connectivity index is 1.41. The first-order valence-electron chi connectivity index (χ1n) is 8.77. The van der Waals surface area contributed by atoms with E-state index in [1.54, 1.807) is 24.3 Å². The SMILES string of the molecule is Cc1[nH]c2ccc(F)cc2c1CC(=O)NNC(=O)c1ccc2c(c1)OCCO2. The topological polar surface area (TPSA) is 92.5 Å². The van der Waals surface area contributed by atoms with Crippen LogP contribution in [0.5, 0.6) is 11.5 Å². The van der Waals surface area contributed by atoms with E-state index in [4.69, 9.17) is 9.47 Å². The van der Waals surface area contributed by atoms with E-state index in [1.165, 1.54) is 12.1 Å². The smallest absolute Gasteiger partial charge is 0.269 e. The van der Waals surface area contributed by atoms with Gasteiger partial charge in [-0.15, -0.1) is 0 Å². The Hall–Kier alpha value is -3.55. The lowest BCUT2D eigenvalue weighted by atomic mass is 10.1. The summed E-state index contributed by atoms with van der Waals surface area (Å²) in [5.41, 5.74) is 7.30. The molecule has 2 aromatic carbocycles. The van der Waals surface area contributed by atoms with Gasteiger partial charge >= 0.3 is 0 Å². The van der Waals surface area contributed by atoms with Crippen molar-refractivity contribution in [2.75, 3.05) is 13.2 Å². The highest BCUT2D eigenvalue weighted by Gasteiger charge is 2.17. The van der Waals surface area contributed by atoms with Crippen molar-refractivity contribution in [3.63, 3.8) is 0 Å². The summed E-state index contributed by atoms with van der Waals surface area (Å²) >= 11 is 0. The van der Waals surface area contributed by atoms with Crippen LogP contribution < -0.4 is 20.3 Å². The molecular weight excluding hydrogens is 365 g/mol. The van der Waals surface area contributed by atoms with E-state index >= 15 is 0 Å². The molecule has 1 aliphatic heterocycles. The fraction of sp³-hybridized carbons (Fsp3) is 0.200. The van der Waals surface area contributed by atoms with Gasteiger partial charge in [0, 0.05) is 22.2 Å². The Morgan fingerprint density at radius 3 is 2.68 bits per heavy atom. The zero-order valence-corrected chi connectivity index (χ0v) is 15.1. The summed E-state index contributed by atoms with van der Waals surface area (Å²) < 4.78 is 24.4. The van der Waals surface area contributed by atoms with Gasteiger partial charge in [-0.3, -0.25) is 20.4 Å². The summed E-state index contributed by atoms with van der Waals surface area (Å²) in [6.07, 6.45) is -0.00327. The number of hydrogen-bond acceptors (Lipinski definition) is 4. The molecule has 3 N–H and O–H groups in total. The molecule has 0 unspecified atom stereocenters. The molecule has 0 saturated heterocycles. The van der Waals surface area contributed by atoms with E-state index in [-0.39, 0.29) is 12.2 Å². The second kappa shape index (κ2) is 7.22. The number of H-pyrrole nitrogens is 1. The summed E-state index contributed by atoms with van der Waals surface area (Å²) in [6.45, 7) is 2.69. The first-order chi connectivity index (χ1) is 13.5. The van der Waals surface area contributed by atoms with Gasteiger partial charge in [0.1, 0.15) is 19.0 Å². The van der Waals surface area contributed by atoms with Gasteiger partial charge in [0.25, 0.3) is 5.91 Å². The highest BCUT2D eigenvalue weighted by Crippen LogP contribution is 2.30. The molecule has 28 heavy (non-hydrogen) atoms. The lowest BCUT2D eigenvalue weighted by Crippen LogP contribution is -2.42. The van der Waals surface area contributed by atoms with Gasteiger partial charge < -0.3 is 14.5 Å². The summed E-state index contributed by atoms with van der Waals surface area (Å²) in [4.78, 5) is 27.7. The molecule has 8 heteroatoms. The monoisotopic (exact) mass is 383 g/mol. The third-order valence-corrected chi connectivity index (χ3v) is 4.54. The minimum Gasteiger partial charge on any atom is -0.486 e. The van der Waals surface area contributed by atoms with E-state index in [0.717, 1.165) is 11.2 Å². The van der Waals surface area contributed by atoms with Gasteiger partial charge in [-0.05, 0) is 48.9 Å². The Labute approximate surface area is 159 Å². The first-order valence-corrected chi connectivity index (χ1v) is 8.77. The van der Waals surface area contributed by atoms with Crippen LogP contribution in [0.25, 0.3) is 10.9 Å². The van der Waals surface area contributed by atoms with Crippen LogP contribution >= 0.6 is 0 Å². The van der Waals surface area contributed by atoms with Gasteiger partial charge in [-0.1, -0.05) is 0 Å². The van der Waals surface area contributed by atoms with Crippen LogP contribution in [-0.4, -0.2) is 30.0 Å². The van der Waals surface area contributed by atoms with Gasteiger partial charge in [-0.2, -0.15) is 0 Å². The second-order valence-electron chi connectivity index (χ2n) is 6.46. The predicted molar refractivity (Wildman–Crippen MR) is 99.7 cm³/mol. The number of hydrazine groups is 1. The molecule has 0 atom stereocenters. The highest BCUT2D eigenvalue weighted by atomic mass is 19.1. The zero-order chi connectivity index (χ0) is 19.7. The fourth-order valence-corrected chi connectivity index (χ4v) is 3.17. The van der Waals surface area contributed by atoms with E-state index < -0.39 is 11.8 Å². The van der Waals surface area contributed by atoms with Crippen LogP contribution in [0, 0.1) is 12.7 Å². The van der Waals surface area contributed by atoms with Crippen molar-refractivity contribution in [3.05, 3.63) is 59.0 Å². The molecule has 144 valence electrons. The van der Waals surface area contributed by atoms with Crippen molar-refractivity contribution in [2.45, 2.75) is 13.3 Å². The number of halogens is 1. The summed E-state index contributed by atoms with van der Waals surface area (Å²) in [7, 11) is 0. The van der Waals surface area contributed by atoms with Crippen molar-refractivity contribution in [1.82, 2.24) is 15.8 Å². The maximum Gasteiger partial charge on any atom is 0.269 e. The largest absolute Gasteiger partial charge is 0.486 e. The molecular formula is C20H18FN3O4. The van der Waals surface area contributed by atoms with Crippen LogP contribution in [0.4, 0.5) is 4.39 Å². The maximum atomic E-state index is 13.5. The number of hydrogen-bond donors (Lipinski definition) is 3. The lowest BCUT2D eigenvalue weighted by Gasteiger charge is -2.18. The molecule has 0 bridgehead atoms. The lowest BCUT2D eigenvalue weighted by molar-refractivity contribution is -0.121. The summed E-state index contributed by atoms with van der Waals surface area (Å²) in [6, 6.07) is 9.16. The van der Waals surface area contributed by atoms with Crippen molar-refractivity contribution >= 4 is 22.7 Å². The average Bonchev–Trinajstić information content (AvgIpc) is 3.00. The molecule has 2 amide bonds. The fourth-order valence-electron chi connectivity index (χ4n) is 3.17. The van der Waals surface area contributed by atoms with E-state index in [2.05, 4.69) is 15.8 Å². The van der Waals surface area contributed by atoms with Gasteiger partial charge in [0.05, 0.1) is 6.42 Å². The second-order valence-corrected chi connectivity index (χ2v) is 6.46. The minimum absolute atomic E-state index is 0.00327. The zero-order valence-electron chi connectivity index (χ0n) is 15.1. The van der Waals surface area contributed by atoms with Gasteiger partial charge in [0.15, 0.2) is 11.5 Å². The van der Waals surface area contributed by atoms with Crippen LogP contribution in [0.2, 0.25) is 0 Å². The number of benzene rings is 2. The van der Waals surface area contributed by atoms with Crippen molar-refractivity contribution in [2.24, 2.45) is 0 Å². The summed E-state index contributed by atoms with van der Waals surface area (Å²) in [5.74, 6) is -0.207. The summed E-state index contributed by atoms with van der Waals surface area (Å²) in [5, 5.41) is 0.644. The molecule has 4 rings (SSSR count). The van der Waals surface area contributed by atoms with Crippen LogP contribution in [-0.2, 0) is 11.2 Å². The highest BCUT2D eigenvalue weighted by molar-refractivity contribution is 5.96. The number of rotatable bonds is 3. The Morgan fingerprint density at radius 2 is 1.86 bits per heavy atom. The number of aromatic nitrogens is 1. The van der Waals surface area contributed by atoms with Crippen LogP contribution in [0.3, 0.4) is 0 Å². The molecule has 2 heterocycles. The maximum absolute atomic E-state index is 13.5. The van der Waals surface area contributed by atoms with Gasteiger partial charge in [-0.25, -0.2) is 4.39 Å². The Bertz CT molecular complexity index is 1080. The van der Waals surface area contributed by atoms with E-state index in [0.29, 0.717) is 41.2 Å². The number of carbonyl (C=O) groups is 2. The number of carbonyl (C=O) groups excluding carboxylic acids is 2. The normalized spacial score (nSPS) is 12.6. The standard InChI is InChI=1S/C20H18FN3O4/c1-11-14(15-9-13(21)3-4-16(15)22-11)10-19(25)23-24-20(26)12-2-5-17-18(8-12)28-7-6-27-17/h2-5,8-9,22H,6-7,10H2,1H3,(H,23,25)(H,24,26). The van der Waals surface area contributed by atoms with Crippen LogP contribution in [0.15, 0.2) is 36.4 Å². The average molecular weight is 383 g/mol. The Kier molecular flexibility index (Phi) is 4.60. The molecule has 7 nitrogen and oxygen atoms in total. The molecule has 0 aliphatic carbocycles. The molecule has 3 aromatic rings. The minimum atomic E-state index is -0.480. The molecule has 0 radical (unpaired) electrons. The molecule has 1 aromatic heterocycles. The number of fused-ring (bicyclic) bond motifs is 2. The number of ether oxygens (including phenoxy) is 2. The van der Waals surface area contributed by atoms with Crippen molar-refractivity contribution in [1.29, 1.82) is 0 Å². The third-order valence-electron chi connectivity index (χ3n) is 4.54. The molecule has 0 saturated carbocycles. The first kappa shape index (κ1) is 17.8. The van der Waals surface area contributed by atoms with E-state index in [1.807, 2.05) is 6.92 Å². The van der Waals surface area contributed by atoms with E-state index in [9.17, 15) is 14.0 Å². The quantitative estimate of drug-likeness (QED) is 0.606. The molecule has 0 fully saturated rings.